The van der Waals surface area contributed by atoms with E-state index in [1.54, 1.807) is 6.07 Å². The van der Waals surface area contributed by atoms with Gasteiger partial charge in [-0.2, -0.15) is 0 Å². The second-order valence-electron chi connectivity index (χ2n) is 4.26. The van der Waals surface area contributed by atoms with Crippen molar-refractivity contribution in [2.75, 3.05) is 0 Å². The normalized spacial score (nSPS) is 10.3. The lowest BCUT2D eigenvalue weighted by atomic mass is 10.0. The third-order valence-electron chi connectivity index (χ3n) is 3.11. The molecule has 1 aromatic heterocycles. The molecule has 0 saturated carbocycles. The molecular formula is C17H12O2. The highest BCUT2D eigenvalue weighted by atomic mass is 16.3. The molecule has 3 rings (SSSR count). The van der Waals surface area contributed by atoms with E-state index in [0.717, 1.165) is 23.0 Å². The maximum Gasteiger partial charge on any atom is 0.185 e. The van der Waals surface area contributed by atoms with Crippen LogP contribution in [0.3, 0.4) is 0 Å². The Morgan fingerprint density at radius 1 is 0.737 bits per heavy atom. The molecule has 0 aliphatic rings. The van der Waals surface area contributed by atoms with Gasteiger partial charge in [0.15, 0.2) is 12.0 Å². The van der Waals surface area contributed by atoms with Crippen LogP contribution in [0.25, 0.3) is 22.3 Å². The van der Waals surface area contributed by atoms with Gasteiger partial charge in [0.05, 0.1) is 6.26 Å². The van der Waals surface area contributed by atoms with Gasteiger partial charge in [0.2, 0.25) is 0 Å². The SMILES string of the molecule is O=Cc1occc1-c1ccc(-c2ccccc2)cc1. The van der Waals surface area contributed by atoms with Crippen molar-refractivity contribution >= 4 is 6.29 Å². The standard InChI is InChI=1S/C17H12O2/c18-12-17-16(10-11-19-17)15-8-6-14(7-9-15)13-4-2-1-3-5-13/h1-12H. The summed E-state index contributed by atoms with van der Waals surface area (Å²) in [6.45, 7) is 0. The predicted octanol–water partition coefficient (Wildman–Crippen LogP) is 4.43. The van der Waals surface area contributed by atoms with Crippen LogP contribution in [0.5, 0.6) is 0 Å². The van der Waals surface area contributed by atoms with Crippen molar-refractivity contribution in [1.29, 1.82) is 0 Å². The van der Waals surface area contributed by atoms with E-state index in [1.807, 2.05) is 42.5 Å². The highest BCUT2D eigenvalue weighted by Crippen LogP contribution is 2.27. The first-order valence-electron chi connectivity index (χ1n) is 6.07. The van der Waals surface area contributed by atoms with Crippen molar-refractivity contribution < 1.29 is 9.21 Å². The van der Waals surface area contributed by atoms with Crippen LogP contribution in [0.1, 0.15) is 10.6 Å². The van der Waals surface area contributed by atoms with Crippen molar-refractivity contribution in [3.05, 3.63) is 72.7 Å². The molecule has 0 N–H and O–H groups in total. The molecule has 2 aromatic carbocycles. The highest BCUT2D eigenvalue weighted by molar-refractivity contribution is 5.84. The summed E-state index contributed by atoms with van der Waals surface area (Å²) in [7, 11) is 0. The van der Waals surface area contributed by atoms with Crippen LogP contribution >= 0.6 is 0 Å². The van der Waals surface area contributed by atoms with E-state index in [1.165, 1.54) is 11.8 Å². The lowest BCUT2D eigenvalue weighted by Gasteiger charge is -2.03. The van der Waals surface area contributed by atoms with E-state index < -0.39 is 0 Å². The Morgan fingerprint density at radius 3 is 2.05 bits per heavy atom. The molecule has 2 heteroatoms. The fourth-order valence-corrected chi connectivity index (χ4v) is 2.12. The molecule has 0 bridgehead atoms. The zero-order valence-corrected chi connectivity index (χ0v) is 10.2. The molecule has 0 fully saturated rings. The number of furan rings is 1. The first-order valence-corrected chi connectivity index (χ1v) is 6.07. The molecule has 0 saturated heterocycles. The number of aldehydes is 1. The van der Waals surface area contributed by atoms with Crippen LogP contribution in [-0.2, 0) is 0 Å². The Labute approximate surface area is 111 Å². The summed E-state index contributed by atoms with van der Waals surface area (Å²) in [4.78, 5) is 10.9. The van der Waals surface area contributed by atoms with Crippen molar-refractivity contribution in [1.82, 2.24) is 0 Å². The molecule has 0 aliphatic heterocycles. The van der Waals surface area contributed by atoms with Gasteiger partial charge < -0.3 is 4.42 Å². The molecule has 0 atom stereocenters. The zero-order chi connectivity index (χ0) is 13.1. The van der Waals surface area contributed by atoms with E-state index in [4.69, 9.17) is 4.42 Å². The topological polar surface area (TPSA) is 30.2 Å². The lowest BCUT2D eigenvalue weighted by Crippen LogP contribution is -1.82. The average molecular weight is 248 g/mol. The second kappa shape index (κ2) is 4.94. The van der Waals surface area contributed by atoms with Crippen LogP contribution in [0, 0.1) is 0 Å². The number of carbonyl (C=O) groups is 1. The van der Waals surface area contributed by atoms with E-state index in [9.17, 15) is 4.79 Å². The molecule has 19 heavy (non-hydrogen) atoms. The number of carbonyl (C=O) groups excluding carboxylic acids is 1. The third kappa shape index (κ3) is 2.20. The molecule has 0 aliphatic carbocycles. The summed E-state index contributed by atoms with van der Waals surface area (Å²) in [6.07, 6.45) is 2.27. The van der Waals surface area contributed by atoms with Gasteiger partial charge in [-0.05, 0) is 22.8 Å². The first-order chi connectivity index (χ1) is 9.38. The monoisotopic (exact) mass is 248 g/mol. The largest absolute Gasteiger partial charge is 0.461 e. The van der Waals surface area contributed by atoms with Gasteiger partial charge in [-0.3, -0.25) is 4.79 Å². The van der Waals surface area contributed by atoms with Crippen LogP contribution in [0.4, 0.5) is 0 Å². The molecule has 0 amide bonds. The maximum atomic E-state index is 10.9. The average Bonchev–Trinajstić information content (AvgIpc) is 2.97. The van der Waals surface area contributed by atoms with Gasteiger partial charge in [0.25, 0.3) is 0 Å². The van der Waals surface area contributed by atoms with Crippen molar-refractivity contribution in [2.45, 2.75) is 0 Å². The minimum Gasteiger partial charge on any atom is -0.461 e. The first kappa shape index (κ1) is 11.5. The van der Waals surface area contributed by atoms with Crippen molar-refractivity contribution in [2.24, 2.45) is 0 Å². The minimum atomic E-state index is 0.368. The van der Waals surface area contributed by atoms with Gasteiger partial charge in [0.1, 0.15) is 0 Å². The van der Waals surface area contributed by atoms with E-state index in [2.05, 4.69) is 12.1 Å². The van der Waals surface area contributed by atoms with Crippen molar-refractivity contribution in [3.63, 3.8) is 0 Å². The molecular weight excluding hydrogens is 236 g/mol. The Morgan fingerprint density at radius 2 is 1.37 bits per heavy atom. The summed E-state index contributed by atoms with van der Waals surface area (Å²) >= 11 is 0. The summed E-state index contributed by atoms with van der Waals surface area (Å²) in [5, 5.41) is 0. The van der Waals surface area contributed by atoms with E-state index >= 15 is 0 Å². The van der Waals surface area contributed by atoms with Crippen LogP contribution in [0.2, 0.25) is 0 Å². The Balaban J connectivity index is 1.98. The van der Waals surface area contributed by atoms with Gasteiger partial charge >= 0.3 is 0 Å². The fourth-order valence-electron chi connectivity index (χ4n) is 2.12. The van der Waals surface area contributed by atoms with Gasteiger partial charge in [-0.15, -0.1) is 0 Å². The lowest BCUT2D eigenvalue weighted by molar-refractivity contribution is 0.110. The maximum absolute atomic E-state index is 10.9. The highest BCUT2D eigenvalue weighted by Gasteiger charge is 2.07. The van der Waals surface area contributed by atoms with Crippen molar-refractivity contribution in [3.8, 4) is 22.3 Å². The third-order valence-corrected chi connectivity index (χ3v) is 3.11. The van der Waals surface area contributed by atoms with Crippen LogP contribution in [-0.4, -0.2) is 6.29 Å². The van der Waals surface area contributed by atoms with Gasteiger partial charge in [0, 0.05) is 5.56 Å². The molecule has 92 valence electrons. The predicted molar refractivity (Wildman–Crippen MR) is 75.0 cm³/mol. The van der Waals surface area contributed by atoms with Gasteiger partial charge in [-0.1, -0.05) is 54.6 Å². The summed E-state index contributed by atoms with van der Waals surface area (Å²) < 4.78 is 5.12. The van der Waals surface area contributed by atoms with Crippen LogP contribution < -0.4 is 0 Å². The summed E-state index contributed by atoms with van der Waals surface area (Å²) in [6, 6.07) is 20.1. The Hall–Kier alpha value is -2.61. The Kier molecular flexibility index (Phi) is 2.99. The molecule has 0 unspecified atom stereocenters. The molecule has 0 spiro atoms. The van der Waals surface area contributed by atoms with E-state index in [0.29, 0.717) is 5.76 Å². The molecule has 1 heterocycles. The Bertz CT molecular complexity index is 679. The zero-order valence-electron chi connectivity index (χ0n) is 10.2. The summed E-state index contributed by atoms with van der Waals surface area (Å²) in [5.74, 6) is 0.368. The second-order valence-corrected chi connectivity index (χ2v) is 4.26. The number of hydrogen-bond donors (Lipinski definition) is 0. The van der Waals surface area contributed by atoms with Crippen LogP contribution in [0.15, 0.2) is 71.3 Å². The smallest absolute Gasteiger partial charge is 0.185 e. The number of rotatable bonds is 3. The van der Waals surface area contributed by atoms with E-state index in [-0.39, 0.29) is 0 Å². The quantitative estimate of drug-likeness (QED) is 0.642. The molecule has 0 radical (unpaired) electrons. The fraction of sp³-hybridized carbons (Fsp3) is 0. The number of benzene rings is 2. The molecule has 3 aromatic rings. The van der Waals surface area contributed by atoms with Gasteiger partial charge in [-0.25, -0.2) is 0 Å². The summed E-state index contributed by atoms with van der Waals surface area (Å²) in [5.41, 5.74) is 4.14. The molecule has 2 nitrogen and oxygen atoms in total. The number of hydrogen-bond acceptors (Lipinski definition) is 2. The minimum absolute atomic E-state index is 0.368.